The Morgan fingerprint density at radius 3 is 2.33 bits per heavy atom. The highest BCUT2D eigenvalue weighted by atomic mass is 32.1. The van der Waals surface area contributed by atoms with Crippen molar-refractivity contribution in [3.63, 3.8) is 0 Å². The van der Waals surface area contributed by atoms with Gasteiger partial charge in [0.25, 0.3) is 0 Å². The van der Waals surface area contributed by atoms with Gasteiger partial charge in [-0.3, -0.25) is 10.0 Å². The van der Waals surface area contributed by atoms with Crippen LogP contribution in [-0.2, 0) is 5.66 Å². The summed E-state index contributed by atoms with van der Waals surface area (Å²) in [5, 5.41) is 5.17. The van der Waals surface area contributed by atoms with E-state index in [1.165, 1.54) is 4.70 Å². The number of para-hydroxylation sites is 1. The summed E-state index contributed by atoms with van der Waals surface area (Å²) in [6.07, 6.45) is 0. The maximum absolute atomic E-state index is 5.32. The number of benzene rings is 3. The highest BCUT2D eigenvalue weighted by Crippen LogP contribution is 2.32. The summed E-state index contributed by atoms with van der Waals surface area (Å²) < 4.78 is 6.49. The number of hydrogen-bond acceptors (Lipinski definition) is 7. The van der Waals surface area contributed by atoms with Gasteiger partial charge in [-0.2, -0.15) is 0 Å². The summed E-state index contributed by atoms with van der Waals surface area (Å²) in [5.74, 6) is 0.836. The van der Waals surface area contributed by atoms with Crippen LogP contribution >= 0.6 is 11.3 Å². The zero-order valence-electron chi connectivity index (χ0n) is 16.9. The molecular formula is C23H23N5OS. The second-order valence-electron chi connectivity index (χ2n) is 7.37. The molecule has 1 aliphatic rings. The summed E-state index contributed by atoms with van der Waals surface area (Å²) in [4.78, 5) is 4.86. The molecule has 6 nitrogen and oxygen atoms in total. The Kier molecular flexibility index (Phi) is 4.78. The predicted molar refractivity (Wildman–Crippen MR) is 123 cm³/mol. The van der Waals surface area contributed by atoms with Crippen LogP contribution in [0.15, 0.2) is 78.9 Å². The molecule has 0 bridgehead atoms. The van der Waals surface area contributed by atoms with Gasteiger partial charge in [-0.25, -0.2) is 15.8 Å². The number of hydrazine groups is 2. The van der Waals surface area contributed by atoms with Gasteiger partial charge in [0, 0.05) is 0 Å². The van der Waals surface area contributed by atoms with E-state index in [0.29, 0.717) is 6.67 Å². The first-order valence-corrected chi connectivity index (χ1v) is 10.6. The van der Waals surface area contributed by atoms with Crippen molar-refractivity contribution in [3.8, 4) is 5.75 Å². The number of nitrogens with one attached hydrogen (secondary N) is 2. The molecule has 1 saturated heterocycles. The van der Waals surface area contributed by atoms with Gasteiger partial charge in [-0.1, -0.05) is 53.8 Å². The fraction of sp³-hybridized carbons (Fsp3) is 0.174. The predicted octanol–water partition coefficient (Wildman–Crippen LogP) is 4.47. The average Bonchev–Trinajstić information content (AvgIpc) is 3.24. The number of rotatable bonds is 4. The molecule has 2 N–H and O–H groups in total. The standard InChI is InChI=1S/C23H23N5OS/c1-23(17-8-4-3-5-9-17)25-27(18-12-14-19(29-2)15-13-18)16-28(26-23)22-24-20-10-6-7-11-21(20)30-22/h3-15,25-26H,16H2,1-2H3. The first-order valence-electron chi connectivity index (χ1n) is 9.80. The van der Waals surface area contributed by atoms with Crippen LogP contribution in [0.5, 0.6) is 5.75 Å². The van der Waals surface area contributed by atoms with Crippen molar-refractivity contribution >= 4 is 32.4 Å². The molecule has 3 aromatic carbocycles. The highest BCUT2D eigenvalue weighted by Gasteiger charge is 2.37. The Bertz CT molecular complexity index is 1110. The molecule has 0 radical (unpaired) electrons. The lowest BCUT2D eigenvalue weighted by atomic mass is 10.0. The Balaban J connectivity index is 1.54. The summed E-state index contributed by atoms with van der Waals surface area (Å²) in [5.41, 5.74) is 9.97. The van der Waals surface area contributed by atoms with E-state index in [2.05, 4.69) is 76.3 Å². The van der Waals surface area contributed by atoms with E-state index in [9.17, 15) is 0 Å². The minimum atomic E-state index is -0.517. The summed E-state index contributed by atoms with van der Waals surface area (Å²) in [6.45, 7) is 2.73. The van der Waals surface area contributed by atoms with Crippen molar-refractivity contribution in [2.45, 2.75) is 12.6 Å². The zero-order valence-corrected chi connectivity index (χ0v) is 17.7. The van der Waals surface area contributed by atoms with Gasteiger partial charge in [0.15, 0.2) is 0 Å². The average molecular weight is 418 g/mol. The van der Waals surface area contributed by atoms with Crippen LogP contribution in [0, 0.1) is 0 Å². The van der Waals surface area contributed by atoms with Gasteiger partial charge >= 0.3 is 0 Å². The Morgan fingerprint density at radius 2 is 1.60 bits per heavy atom. The topological polar surface area (TPSA) is 52.7 Å². The minimum Gasteiger partial charge on any atom is -0.497 e. The lowest BCUT2D eigenvalue weighted by molar-refractivity contribution is 0.226. The van der Waals surface area contributed by atoms with Crippen molar-refractivity contribution in [3.05, 3.63) is 84.4 Å². The third-order valence-corrected chi connectivity index (χ3v) is 6.31. The van der Waals surface area contributed by atoms with Crippen LogP contribution in [0.25, 0.3) is 10.2 Å². The molecule has 7 heteroatoms. The zero-order chi connectivity index (χ0) is 20.6. The Morgan fingerprint density at radius 1 is 0.900 bits per heavy atom. The highest BCUT2D eigenvalue weighted by molar-refractivity contribution is 7.22. The van der Waals surface area contributed by atoms with E-state index in [1.807, 2.05) is 30.3 Å². The van der Waals surface area contributed by atoms with E-state index < -0.39 is 5.66 Å². The maximum atomic E-state index is 5.32. The third-order valence-electron chi connectivity index (χ3n) is 5.25. The van der Waals surface area contributed by atoms with Crippen molar-refractivity contribution in [2.24, 2.45) is 0 Å². The largest absolute Gasteiger partial charge is 0.497 e. The van der Waals surface area contributed by atoms with Gasteiger partial charge in [0.05, 0.1) is 23.0 Å². The molecule has 1 unspecified atom stereocenters. The molecule has 1 aromatic heterocycles. The number of aromatic nitrogens is 1. The Labute approximate surface area is 179 Å². The van der Waals surface area contributed by atoms with E-state index in [0.717, 1.165) is 27.6 Å². The van der Waals surface area contributed by atoms with E-state index in [1.54, 1.807) is 18.4 Å². The summed E-state index contributed by atoms with van der Waals surface area (Å²) in [6, 6.07) is 26.7. The minimum absolute atomic E-state index is 0.517. The lowest BCUT2D eigenvalue weighted by Gasteiger charge is -2.48. The monoisotopic (exact) mass is 417 g/mol. The van der Waals surface area contributed by atoms with Gasteiger partial charge in [-0.05, 0) is 48.9 Å². The summed E-state index contributed by atoms with van der Waals surface area (Å²) >= 11 is 1.68. The first kappa shape index (κ1) is 18.9. The molecule has 0 aliphatic carbocycles. The van der Waals surface area contributed by atoms with Crippen LogP contribution in [0.2, 0.25) is 0 Å². The van der Waals surface area contributed by atoms with Gasteiger partial charge in [0.1, 0.15) is 18.1 Å². The number of methoxy groups -OCH3 is 1. The molecule has 5 rings (SSSR count). The number of fused-ring (bicyclic) bond motifs is 1. The van der Waals surface area contributed by atoms with E-state index in [-0.39, 0.29) is 0 Å². The van der Waals surface area contributed by atoms with Crippen molar-refractivity contribution in [1.29, 1.82) is 0 Å². The fourth-order valence-electron chi connectivity index (χ4n) is 3.67. The molecule has 0 saturated carbocycles. The number of hydrogen-bond donors (Lipinski definition) is 2. The fourth-order valence-corrected chi connectivity index (χ4v) is 4.59. The smallest absolute Gasteiger partial charge is 0.202 e. The molecule has 1 aliphatic heterocycles. The lowest BCUT2D eigenvalue weighted by Crippen LogP contribution is -2.71. The number of anilines is 2. The van der Waals surface area contributed by atoms with Crippen LogP contribution in [0.1, 0.15) is 12.5 Å². The molecule has 152 valence electrons. The van der Waals surface area contributed by atoms with Gasteiger partial charge in [-0.15, -0.1) is 0 Å². The normalized spacial score (nSPS) is 19.3. The quantitative estimate of drug-likeness (QED) is 0.511. The Hall–Kier alpha value is -3.13. The van der Waals surface area contributed by atoms with E-state index >= 15 is 0 Å². The SMILES string of the molecule is COc1ccc(N2CN(c3nc4ccccc4s3)NC(C)(c3ccccc3)N2)cc1. The molecule has 0 spiro atoms. The molecular weight excluding hydrogens is 394 g/mol. The van der Waals surface area contributed by atoms with Crippen molar-refractivity contribution in [1.82, 2.24) is 15.8 Å². The second kappa shape index (κ2) is 7.60. The molecule has 4 aromatic rings. The number of thiazole rings is 1. The number of ether oxygens (including phenoxy) is 1. The van der Waals surface area contributed by atoms with Crippen LogP contribution < -0.4 is 25.6 Å². The van der Waals surface area contributed by atoms with Crippen LogP contribution in [0.4, 0.5) is 10.8 Å². The van der Waals surface area contributed by atoms with Gasteiger partial charge in [0.2, 0.25) is 5.13 Å². The second-order valence-corrected chi connectivity index (χ2v) is 8.38. The van der Waals surface area contributed by atoms with Crippen molar-refractivity contribution < 1.29 is 4.74 Å². The molecule has 2 heterocycles. The van der Waals surface area contributed by atoms with Crippen LogP contribution in [0.3, 0.4) is 0 Å². The van der Waals surface area contributed by atoms with Gasteiger partial charge < -0.3 is 4.74 Å². The molecule has 1 fully saturated rings. The van der Waals surface area contributed by atoms with E-state index in [4.69, 9.17) is 9.72 Å². The maximum Gasteiger partial charge on any atom is 0.202 e. The molecule has 0 amide bonds. The number of nitrogens with zero attached hydrogens (tertiary/aromatic N) is 3. The first-order chi connectivity index (χ1) is 14.6. The summed E-state index contributed by atoms with van der Waals surface area (Å²) in [7, 11) is 1.68. The molecule has 30 heavy (non-hydrogen) atoms. The van der Waals surface area contributed by atoms with Crippen molar-refractivity contribution in [2.75, 3.05) is 23.8 Å². The van der Waals surface area contributed by atoms with Crippen LogP contribution in [-0.4, -0.2) is 18.8 Å². The third kappa shape index (κ3) is 3.47. The molecule has 1 atom stereocenters.